The molecule has 0 radical (unpaired) electrons. The Bertz CT molecular complexity index is 1390. The molecule has 0 aliphatic carbocycles. The number of nitrogens with zero attached hydrogens (tertiary/aromatic N) is 3. The molecule has 1 aliphatic heterocycles. The van der Waals surface area contributed by atoms with Gasteiger partial charge in [-0.05, 0) is 68.7 Å². The molecule has 1 amide bonds. The number of thiazole rings is 1. The third-order valence-corrected chi connectivity index (χ3v) is 7.36. The van der Waals surface area contributed by atoms with Crippen LogP contribution in [0.1, 0.15) is 47.6 Å². The van der Waals surface area contributed by atoms with E-state index in [2.05, 4.69) is 11.1 Å². The Morgan fingerprint density at radius 3 is 2.90 bits per heavy atom. The number of carbonyl (C=O) groups is 1. The predicted octanol–water partition coefficient (Wildman–Crippen LogP) is 5.06. The van der Waals surface area contributed by atoms with Crippen molar-refractivity contribution in [3.8, 4) is 0 Å². The summed E-state index contributed by atoms with van der Waals surface area (Å²) < 4.78 is 3.03. The van der Waals surface area contributed by atoms with E-state index in [0.717, 1.165) is 34.5 Å². The van der Waals surface area contributed by atoms with E-state index in [0.29, 0.717) is 34.3 Å². The Balaban J connectivity index is 1.53. The van der Waals surface area contributed by atoms with Crippen molar-refractivity contribution in [2.24, 2.45) is 0 Å². The van der Waals surface area contributed by atoms with Crippen LogP contribution in [0.5, 0.6) is 0 Å². The van der Waals surface area contributed by atoms with Crippen molar-refractivity contribution in [2.45, 2.75) is 38.8 Å². The first kappa shape index (κ1) is 20.1. The minimum Gasteiger partial charge on any atom is -0.332 e. The highest BCUT2D eigenvalue weighted by Gasteiger charge is 2.31. The molecule has 1 atom stereocenters. The molecule has 6 nitrogen and oxygen atoms in total. The van der Waals surface area contributed by atoms with Crippen LogP contribution in [0, 0.1) is 4.77 Å². The van der Waals surface area contributed by atoms with Gasteiger partial charge < -0.3 is 9.88 Å². The quantitative estimate of drug-likeness (QED) is 0.443. The van der Waals surface area contributed by atoms with E-state index in [4.69, 9.17) is 17.2 Å². The Kier molecular flexibility index (Phi) is 5.19. The lowest BCUT2D eigenvalue weighted by Gasteiger charge is -2.34. The molecule has 1 unspecified atom stereocenters. The fourth-order valence-corrected chi connectivity index (χ4v) is 5.74. The number of amides is 1. The van der Waals surface area contributed by atoms with Crippen molar-refractivity contribution in [1.82, 2.24) is 19.4 Å². The molecule has 3 heterocycles. The Labute approximate surface area is 188 Å². The lowest BCUT2D eigenvalue weighted by atomic mass is 10.0. The Morgan fingerprint density at radius 1 is 1.26 bits per heavy atom. The molecule has 5 rings (SSSR count). The molecule has 0 spiro atoms. The van der Waals surface area contributed by atoms with E-state index >= 15 is 0 Å². The third kappa shape index (κ3) is 3.49. The molecule has 1 fully saturated rings. The van der Waals surface area contributed by atoms with Gasteiger partial charge in [0.15, 0.2) is 4.77 Å². The number of fused-ring (bicyclic) bond motifs is 2. The number of H-pyrrole nitrogens is 1. The van der Waals surface area contributed by atoms with Crippen LogP contribution in [0.2, 0.25) is 0 Å². The zero-order chi connectivity index (χ0) is 21.5. The fraction of sp³-hybridized carbons (Fsp3) is 0.304. The van der Waals surface area contributed by atoms with Gasteiger partial charge in [0, 0.05) is 18.7 Å². The summed E-state index contributed by atoms with van der Waals surface area (Å²) in [4.78, 5) is 36.0. The van der Waals surface area contributed by atoms with Crippen LogP contribution in [0.4, 0.5) is 0 Å². The zero-order valence-corrected chi connectivity index (χ0v) is 18.8. The van der Waals surface area contributed by atoms with Gasteiger partial charge in [-0.3, -0.25) is 14.2 Å². The van der Waals surface area contributed by atoms with Crippen molar-refractivity contribution in [2.75, 3.05) is 6.54 Å². The van der Waals surface area contributed by atoms with Gasteiger partial charge in [-0.2, -0.15) is 0 Å². The molecule has 8 heteroatoms. The number of hydrogen-bond donors (Lipinski definition) is 1. The molecule has 2 aromatic heterocycles. The van der Waals surface area contributed by atoms with Crippen LogP contribution >= 0.6 is 23.6 Å². The van der Waals surface area contributed by atoms with Crippen molar-refractivity contribution in [1.29, 1.82) is 0 Å². The van der Waals surface area contributed by atoms with Crippen LogP contribution < -0.4 is 5.56 Å². The van der Waals surface area contributed by atoms with Crippen LogP contribution in [-0.2, 0) is 6.54 Å². The molecule has 31 heavy (non-hydrogen) atoms. The van der Waals surface area contributed by atoms with Gasteiger partial charge in [-0.15, -0.1) is 11.3 Å². The number of aromatic amines is 1. The lowest BCUT2D eigenvalue weighted by molar-refractivity contribution is 0.0611. The second-order valence-electron chi connectivity index (χ2n) is 7.77. The molecule has 0 saturated carbocycles. The summed E-state index contributed by atoms with van der Waals surface area (Å²) in [5.74, 6) is -0.0372. The average Bonchev–Trinajstić information content (AvgIpc) is 3.23. The zero-order valence-electron chi connectivity index (χ0n) is 17.1. The summed E-state index contributed by atoms with van der Waals surface area (Å²) in [7, 11) is 0. The molecule has 2 aromatic carbocycles. The Hall–Kier alpha value is -2.84. The summed E-state index contributed by atoms with van der Waals surface area (Å²) in [5, 5.41) is 1.52. The maximum absolute atomic E-state index is 13.5. The maximum Gasteiger partial charge on any atom is 0.262 e. The number of rotatable bonds is 3. The molecular formula is C23H22N4O2S2. The van der Waals surface area contributed by atoms with Gasteiger partial charge in [0.2, 0.25) is 0 Å². The van der Waals surface area contributed by atoms with E-state index in [1.807, 2.05) is 30.0 Å². The highest BCUT2D eigenvalue weighted by molar-refractivity contribution is 7.71. The highest BCUT2D eigenvalue weighted by atomic mass is 32.1. The van der Waals surface area contributed by atoms with Gasteiger partial charge in [-0.1, -0.05) is 12.1 Å². The number of likely N-dealkylation sites (tertiary alicyclic amines) is 1. The van der Waals surface area contributed by atoms with Crippen LogP contribution in [-0.4, -0.2) is 31.9 Å². The number of piperidine rings is 1. The number of para-hydroxylation sites is 1. The Morgan fingerprint density at radius 2 is 2.10 bits per heavy atom. The number of hydrogen-bond acceptors (Lipinski definition) is 5. The third-order valence-electron chi connectivity index (χ3n) is 5.90. The molecule has 1 N–H and O–H groups in total. The first-order valence-corrected chi connectivity index (χ1v) is 11.7. The van der Waals surface area contributed by atoms with Crippen LogP contribution in [0.3, 0.4) is 0 Å². The fourth-order valence-electron chi connectivity index (χ4n) is 4.30. The monoisotopic (exact) mass is 450 g/mol. The van der Waals surface area contributed by atoms with Gasteiger partial charge in [0.1, 0.15) is 5.01 Å². The van der Waals surface area contributed by atoms with E-state index in [9.17, 15) is 9.59 Å². The van der Waals surface area contributed by atoms with Gasteiger partial charge in [-0.25, -0.2) is 4.98 Å². The molecular weight excluding hydrogens is 428 g/mol. The van der Waals surface area contributed by atoms with E-state index in [-0.39, 0.29) is 17.5 Å². The van der Waals surface area contributed by atoms with Crippen LogP contribution in [0.25, 0.3) is 21.1 Å². The standard InChI is InChI=1S/C23H22N4O2S2/c1-2-26-22(29)15-11-10-14(13-17(15)25-23(26)30)21(28)27-12-6-5-8-18(27)20-24-16-7-3-4-9-19(16)31-20/h3-4,7,9-11,13,18H,2,5-6,8,12H2,1H3,(H,25,30). The summed E-state index contributed by atoms with van der Waals surface area (Å²) in [6.45, 7) is 3.08. The number of benzene rings is 2. The predicted molar refractivity (Wildman–Crippen MR) is 126 cm³/mol. The first-order valence-electron chi connectivity index (χ1n) is 10.5. The minimum absolute atomic E-state index is 0.0269. The van der Waals surface area contributed by atoms with Crippen molar-refractivity contribution in [3.05, 3.63) is 68.2 Å². The smallest absolute Gasteiger partial charge is 0.262 e. The highest BCUT2D eigenvalue weighted by Crippen LogP contribution is 2.36. The summed E-state index contributed by atoms with van der Waals surface area (Å²) in [5.41, 5.74) is 2.00. The van der Waals surface area contributed by atoms with Crippen molar-refractivity contribution < 1.29 is 4.79 Å². The first-order chi connectivity index (χ1) is 15.1. The minimum atomic E-state index is -0.134. The molecule has 0 bridgehead atoms. The van der Waals surface area contributed by atoms with E-state index in [1.165, 1.54) is 4.57 Å². The largest absolute Gasteiger partial charge is 0.332 e. The van der Waals surface area contributed by atoms with Crippen molar-refractivity contribution in [3.63, 3.8) is 0 Å². The maximum atomic E-state index is 13.5. The second kappa shape index (κ2) is 8.01. The molecule has 1 saturated heterocycles. The normalized spacial score (nSPS) is 16.8. The number of aromatic nitrogens is 3. The van der Waals surface area contributed by atoms with Gasteiger partial charge >= 0.3 is 0 Å². The number of nitrogens with one attached hydrogen (secondary N) is 1. The molecule has 4 aromatic rings. The van der Waals surface area contributed by atoms with Gasteiger partial charge in [0.25, 0.3) is 11.5 Å². The van der Waals surface area contributed by atoms with E-state index < -0.39 is 0 Å². The average molecular weight is 451 g/mol. The SMILES string of the molecule is CCn1c(=S)[nH]c2cc(C(=O)N3CCCCC3c3nc4ccccc4s3)ccc2c1=O. The van der Waals surface area contributed by atoms with Crippen LogP contribution in [0.15, 0.2) is 47.3 Å². The second-order valence-corrected chi connectivity index (χ2v) is 9.22. The summed E-state index contributed by atoms with van der Waals surface area (Å²) >= 11 is 6.98. The summed E-state index contributed by atoms with van der Waals surface area (Å²) in [6, 6.07) is 13.3. The molecule has 158 valence electrons. The topological polar surface area (TPSA) is 71.0 Å². The lowest BCUT2D eigenvalue weighted by Crippen LogP contribution is -2.38. The number of carbonyl (C=O) groups excluding carboxylic acids is 1. The van der Waals surface area contributed by atoms with E-state index in [1.54, 1.807) is 29.5 Å². The van der Waals surface area contributed by atoms with Crippen molar-refractivity contribution >= 4 is 50.6 Å². The van der Waals surface area contributed by atoms with Gasteiger partial charge in [0.05, 0.1) is 27.2 Å². The summed E-state index contributed by atoms with van der Waals surface area (Å²) in [6.07, 6.45) is 2.96. The molecule has 1 aliphatic rings.